The van der Waals surface area contributed by atoms with Crippen LogP contribution in [0.5, 0.6) is 0 Å². The van der Waals surface area contributed by atoms with Crippen LogP contribution in [0.15, 0.2) is 16.5 Å². The second-order valence-corrected chi connectivity index (χ2v) is 7.00. The average molecular weight is 324 g/mol. The molecule has 1 fully saturated rings. The molecule has 1 aliphatic rings. The highest BCUT2D eigenvalue weighted by Gasteiger charge is 2.35. The standard InChI is InChI=1S/C15H20N2O4S/c1-9-5-12(18)10(13(19)11-7-22-8-16-11)6-17(9)14(20)21-15(2,3)4/h7-9,19H,5-6H2,1-4H3. The van der Waals surface area contributed by atoms with Crippen LogP contribution >= 0.6 is 11.3 Å². The number of hydrogen-bond acceptors (Lipinski definition) is 6. The summed E-state index contributed by atoms with van der Waals surface area (Å²) in [4.78, 5) is 29.9. The topological polar surface area (TPSA) is 79.7 Å². The number of ether oxygens (including phenoxy) is 1. The molecule has 0 spiro atoms. The van der Waals surface area contributed by atoms with E-state index in [1.807, 2.05) is 0 Å². The minimum absolute atomic E-state index is 0.0261. The third kappa shape index (κ3) is 3.65. The summed E-state index contributed by atoms with van der Waals surface area (Å²) in [5.74, 6) is -0.329. The molecule has 6 nitrogen and oxygen atoms in total. The van der Waals surface area contributed by atoms with Gasteiger partial charge in [0.15, 0.2) is 11.5 Å². The van der Waals surface area contributed by atoms with Crippen molar-refractivity contribution in [1.82, 2.24) is 9.88 Å². The van der Waals surface area contributed by atoms with Gasteiger partial charge in [-0.1, -0.05) is 0 Å². The largest absolute Gasteiger partial charge is 0.505 e. The van der Waals surface area contributed by atoms with E-state index in [1.165, 1.54) is 16.2 Å². The van der Waals surface area contributed by atoms with Crippen LogP contribution in [0.4, 0.5) is 4.79 Å². The number of carbonyl (C=O) groups excluding carboxylic acids is 2. The minimum atomic E-state index is -0.612. The summed E-state index contributed by atoms with van der Waals surface area (Å²) in [5, 5.41) is 11.9. The molecule has 7 heteroatoms. The Morgan fingerprint density at radius 1 is 1.50 bits per heavy atom. The van der Waals surface area contributed by atoms with Crippen molar-refractivity contribution in [1.29, 1.82) is 0 Å². The lowest BCUT2D eigenvalue weighted by Crippen LogP contribution is -2.48. The highest BCUT2D eigenvalue weighted by atomic mass is 32.1. The van der Waals surface area contributed by atoms with Crippen molar-refractivity contribution < 1.29 is 19.4 Å². The van der Waals surface area contributed by atoms with Gasteiger partial charge < -0.3 is 14.7 Å². The molecule has 0 saturated carbocycles. The van der Waals surface area contributed by atoms with E-state index in [0.29, 0.717) is 5.69 Å². The molecular formula is C15H20N2O4S. The van der Waals surface area contributed by atoms with Crippen molar-refractivity contribution in [3.05, 3.63) is 22.2 Å². The number of nitrogens with zero attached hydrogens (tertiary/aromatic N) is 2. The fourth-order valence-electron chi connectivity index (χ4n) is 2.17. The summed E-state index contributed by atoms with van der Waals surface area (Å²) in [6, 6.07) is -0.269. The van der Waals surface area contributed by atoms with Gasteiger partial charge in [0.25, 0.3) is 0 Å². The zero-order valence-electron chi connectivity index (χ0n) is 13.1. The van der Waals surface area contributed by atoms with Gasteiger partial charge in [0.05, 0.1) is 17.6 Å². The van der Waals surface area contributed by atoms with Crippen LogP contribution in [0.3, 0.4) is 0 Å². The summed E-state index contributed by atoms with van der Waals surface area (Å²) in [6.07, 6.45) is -0.334. The van der Waals surface area contributed by atoms with Crippen LogP contribution in [0.2, 0.25) is 0 Å². The Balaban J connectivity index is 2.26. The molecule has 2 rings (SSSR count). The molecule has 2 heterocycles. The molecule has 1 atom stereocenters. The Morgan fingerprint density at radius 2 is 2.18 bits per heavy atom. The maximum absolute atomic E-state index is 12.3. The van der Waals surface area contributed by atoms with Crippen molar-refractivity contribution in [3.63, 3.8) is 0 Å². The first-order valence-electron chi connectivity index (χ1n) is 7.02. The van der Waals surface area contributed by atoms with Crippen LogP contribution in [-0.2, 0) is 9.53 Å². The van der Waals surface area contributed by atoms with E-state index in [2.05, 4.69) is 4.98 Å². The van der Waals surface area contributed by atoms with Gasteiger partial charge in [-0.05, 0) is 27.7 Å². The van der Waals surface area contributed by atoms with Crippen LogP contribution in [0.1, 0.15) is 39.8 Å². The van der Waals surface area contributed by atoms with E-state index in [0.717, 1.165) is 0 Å². The second kappa shape index (κ2) is 6.08. The van der Waals surface area contributed by atoms with Gasteiger partial charge in [-0.25, -0.2) is 9.78 Å². The summed E-state index contributed by atoms with van der Waals surface area (Å²) < 4.78 is 5.36. The van der Waals surface area contributed by atoms with Crippen molar-refractivity contribution in [2.75, 3.05) is 6.54 Å². The van der Waals surface area contributed by atoms with Gasteiger partial charge in [0.2, 0.25) is 0 Å². The van der Waals surface area contributed by atoms with E-state index in [9.17, 15) is 14.7 Å². The number of Topliss-reactive ketones (excluding diaryl/α,β-unsaturated/α-hetero) is 1. The molecule has 0 aromatic carbocycles. The lowest BCUT2D eigenvalue weighted by molar-refractivity contribution is -0.118. The predicted molar refractivity (Wildman–Crippen MR) is 83.7 cm³/mol. The quantitative estimate of drug-likeness (QED) is 0.634. The molecule has 1 unspecified atom stereocenters. The lowest BCUT2D eigenvalue weighted by atomic mass is 9.96. The third-order valence-electron chi connectivity index (χ3n) is 3.27. The molecule has 1 aromatic heterocycles. The monoisotopic (exact) mass is 324 g/mol. The van der Waals surface area contributed by atoms with E-state index in [-0.39, 0.29) is 36.1 Å². The number of likely N-dealkylation sites (tertiary alicyclic amines) is 1. The Hall–Kier alpha value is -1.89. The number of aliphatic hydroxyl groups excluding tert-OH is 1. The van der Waals surface area contributed by atoms with E-state index in [4.69, 9.17) is 4.74 Å². The molecule has 22 heavy (non-hydrogen) atoms. The Labute approximate surface area is 133 Å². The highest BCUT2D eigenvalue weighted by molar-refractivity contribution is 7.07. The van der Waals surface area contributed by atoms with Crippen molar-refractivity contribution in [3.8, 4) is 0 Å². The summed E-state index contributed by atoms with van der Waals surface area (Å²) in [7, 11) is 0. The summed E-state index contributed by atoms with van der Waals surface area (Å²) in [6.45, 7) is 7.17. The molecule has 120 valence electrons. The predicted octanol–water partition coefficient (Wildman–Crippen LogP) is 3.01. The smallest absolute Gasteiger partial charge is 0.410 e. The Bertz CT molecular complexity index is 602. The van der Waals surface area contributed by atoms with Crippen molar-refractivity contribution >= 4 is 29.0 Å². The first-order chi connectivity index (χ1) is 10.2. The van der Waals surface area contributed by atoms with Gasteiger partial charge in [-0.2, -0.15) is 0 Å². The molecule has 1 saturated heterocycles. The third-order valence-corrected chi connectivity index (χ3v) is 3.85. The van der Waals surface area contributed by atoms with Gasteiger partial charge in [0, 0.05) is 17.8 Å². The first-order valence-corrected chi connectivity index (χ1v) is 7.97. The molecule has 0 radical (unpaired) electrons. The number of hydrogen-bond donors (Lipinski definition) is 1. The number of ketones is 1. The molecule has 1 aromatic rings. The maximum atomic E-state index is 12.3. The normalized spacial score (nSPS) is 21.7. The van der Waals surface area contributed by atoms with Gasteiger partial charge in [-0.3, -0.25) is 4.79 Å². The highest BCUT2D eigenvalue weighted by Crippen LogP contribution is 2.26. The molecule has 1 amide bonds. The van der Waals surface area contributed by atoms with Crippen LogP contribution in [0.25, 0.3) is 5.76 Å². The SMILES string of the molecule is CC1CC(=O)C(=C(O)c2cscn2)CN1C(=O)OC(C)(C)C. The van der Waals surface area contributed by atoms with Crippen molar-refractivity contribution in [2.45, 2.75) is 45.8 Å². The van der Waals surface area contributed by atoms with E-state index < -0.39 is 11.7 Å². The molecule has 0 aliphatic carbocycles. The number of thiazole rings is 1. The molecular weight excluding hydrogens is 304 g/mol. The van der Waals surface area contributed by atoms with Gasteiger partial charge in [-0.15, -0.1) is 11.3 Å². The molecule has 0 bridgehead atoms. The van der Waals surface area contributed by atoms with Crippen LogP contribution < -0.4 is 0 Å². The number of amides is 1. The van der Waals surface area contributed by atoms with Gasteiger partial charge in [0.1, 0.15) is 11.3 Å². The van der Waals surface area contributed by atoms with E-state index in [1.54, 1.807) is 38.6 Å². The number of piperidine rings is 1. The fourth-order valence-corrected chi connectivity index (χ4v) is 2.71. The zero-order valence-corrected chi connectivity index (χ0v) is 13.9. The number of carbonyl (C=O) groups is 2. The average Bonchev–Trinajstić information content (AvgIpc) is 2.89. The fraction of sp³-hybridized carbons (Fsp3) is 0.533. The Morgan fingerprint density at radius 3 is 2.73 bits per heavy atom. The van der Waals surface area contributed by atoms with Crippen molar-refractivity contribution in [2.24, 2.45) is 0 Å². The zero-order chi connectivity index (χ0) is 16.5. The van der Waals surface area contributed by atoms with Crippen LogP contribution in [-0.4, -0.2) is 45.1 Å². The second-order valence-electron chi connectivity index (χ2n) is 6.29. The first kappa shape index (κ1) is 16.5. The number of rotatable bonds is 1. The Kier molecular flexibility index (Phi) is 4.55. The maximum Gasteiger partial charge on any atom is 0.410 e. The number of aliphatic hydroxyl groups is 1. The summed E-state index contributed by atoms with van der Waals surface area (Å²) in [5.41, 5.74) is 1.52. The lowest BCUT2D eigenvalue weighted by Gasteiger charge is -2.35. The van der Waals surface area contributed by atoms with Crippen LogP contribution in [0, 0.1) is 0 Å². The molecule has 1 aliphatic heterocycles. The van der Waals surface area contributed by atoms with E-state index >= 15 is 0 Å². The summed E-state index contributed by atoms with van der Waals surface area (Å²) >= 11 is 1.33. The molecule has 1 N–H and O–H groups in total. The minimum Gasteiger partial charge on any atom is -0.505 e. The number of aromatic nitrogens is 1. The van der Waals surface area contributed by atoms with Gasteiger partial charge >= 0.3 is 6.09 Å².